The summed E-state index contributed by atoms with van der Waals surface area (Å²) in [5.74, 6) is -0.0891. The van der Waals surface area contributed by atoms with Crippen LogP contribution in [0.3, 0.4) is 0 Å². The van der Waals surface area contributed by atoms with Gasteiger partial charge in [-0.25, -0.2) is 0 Å². The van der Waals surface area contributed by atoms with Gasteiger partial charge in [-0.3, -0.25) is 4.79 Å². The van der Waals surface area contributed by atoms with E-state index in [-0.39, 0.29) is 5.97 Å². The van der Waals surface area contributed by atoms with Crippen molar-refractivity contribution >= 4 is 5.97 Å². The van der Waals surface area contributed by atoms with E-state index in [4.69, 9.17) is 14.2 Å². The minimum atomic E-state index is -0.0891. The Bertz CT molecular complexity index is 359. The third kappa shape index (κ3) is 27.4. The fourth-order valence-electron chi connectivity index (χ4n) is 3.83. The Hall–Kier alpha value is -0.610. The lowest BCUT2D eigenvalue weighted by molar-refractivity contribution is -0.144. The zero-order valence-corrected chi connectivity index (χ0v) is 21.8. The maximum absolute atomic E-state index is 11.7. The molecule has 0 bridgehead atoms. The van der Waals surface area contributed by atoms with Crippen molar-refractivity contribution in [1.29, 1.82) is 0 Å². The van der Waals surface area contributed by atoms with Crippen molar-refractivity contribution in [3.8, 4) is 0 Å². The molecule has 0 N–H and O–H groups in total. The lowest BCUT2D eigenvalue weighted by Gasteiger charge is -2.07. The van der Waals surface area contributed by atoms with E-state index in [9.17, 15) is 4.79 Å². The highest BCUT2D eigenvalue weighted by Gasteiger charge is 2.02. The van der Waals surface area contributed by atoms with Crippen LogP contribution >= 0.6 is 0 Å². The van der Waals surface area contributed by atoms with Crippen molar-refractivity contribution in [2.24, 2.45) is 0 Å². The SMILES string of the molecule is CCCCCCCCCCCCOCCOCCCC(=O)OCCCCCCCCCC. The van der Waals surface area contributed by atoms with Gasteiger partial charge in [-0.2, -0.15) is 0 Å². The number of hydrogen-bond acceptors (Lipinski definition) is 4. The molecule has 0 saturated carbocycles. The maximum Gasteiger partial charge on any atom is 0.305 e. The van der Waals surface area contributed by atoms with E-state index in [0.717, 1.165) is 25.9 Å². The monoisotopic (exact) mass is 456 g/mol. The first kappa shape index (κ1) is 31.4. The molecule has 0 aromatic carbocycles. The van der Waals surface area contributed by atoms with Crippen LogP contribution in [0, 0.1) is 0 Å². The Kier molecular flexibility index (Phi) is 27.9. The number of rotatable bonds is 27. The van der Waals surface area contributed by atoms with E-state index in [1.54, 1.807) is 0 Å². The average molecular weight is 457 g/mol. The van der Waals surface area contributed by atoms with Crippen molar-refractivity contribution in [2.75, 3.05) is 33.0 Å². The molecule has 4 heteroatoms. The van der Waals surface area contributed by atoms with Crippen LogP contribution in [0.2, 0.25) is 0 Å². The molecular formula is C28H56O4. The quantitative estimate of drug-likeness (QED) is 0.0919. The van der Waals surface area contributed by atoms with Crippen LogP contribution in [0.4, 0.5) is 0 Å². The van der Waals surface area contributed by atoms with Crippen molar-refractivity contribution in [3.63, 3.8) is 0 Å². The lowest BCUT2D eigenvalue weighted by atomic mass is 10.1. The van der Waals surface area contributed by atoms with Crippen LogP contribution < -0.4 is 0 Å². The Morgan fingerprint density at radius 2 is 0.812 bits per heavy atom. The summed E-state index contributed by atoms with van der Waals surface area (Å²) in [6.07, 6.45) is 24.8. The molecule has 0 aliphatic heterocycles. The summed E-state index contributed by atoms with van der Waals surface area (Å²) in [6, 6.07) is 0. The molecule has 192 valence electrons. The molecule has 0 aromatic rings. The lowest BCUT2D eigenvalue weighted by Crippen LogP contribution is -2.09. The highest BCUT2D eigenvalue weighted by atomic mass is 16.5. The van der Waals surface area contributed by atoms with Crippen LogP contribution in [0.1, 0.15) is 142 Å². The van der Waals surface area contributed by atoms with Crippen LogP contribution in [-0.2, 0) is 19.0 Å². The topological polar surface area (TPSA) is 44.8 Å². The number of unbranched alkanes of at least 4 members (excludes halogenated alkanes) is 16. The second-order valence-corrected chi connectivity index (χ2v) is 9.21. The smallest absolute Gasteiger partial charge is 0.305 e. The predicted octanol–water partition coefficient (Wildman–Crippen LogP) is 8.40. The predicted molar refractivity (Wildman–Crippen MR) is 136 cm³/mol. The van der Waals surface area contributed by atoms with Crippen LogP contribution in [-0.4, -0.2) is 39.0 Å². The molecule has 0 aromatic heterocycles. The zero-order valence-electron chi connectivity index (χ0n) is 21.8. The second-order valence-electron chi connectivity index (χ2n) is 9.21. The van der Waals surface area contributed by atoms with E-state index in [1.807, 2.05) is 0 Å². The van der Waals surface area contributed by atoms with Crippen molar-refractivity contribution in [3.05, 3.63) is 0 Å². The van der Waals surface area contributed by atoms with Crippen molar-refractivity contribution in [2.45, 2.75) is 142 Å². The molecule has 0 spiro atoms. The number of esters is 1. The minimum absolute atomic E-state index is 0.0891. The van der Waals surface area contributed by atoms with Gasteiger partial charge in [0.05, 0.1) is 19.8 Å². The normalized spacial score (nSPS) is 11.2. The van der Waals surface area contributed by atoms with Gasteiger partial charge in [0.1, 0.15) is 0 Å². The molecule has 0 rings (SSSR count). The third-order valence-electron chi connectivity index (χ3n) is 5.94. The first-order valence-electron chi connectivity index (χ1n) is 14.1. The molecular weight excluding hydrogens is 400 g/mol. The summed E-state index contributed by atoms with van der Waals surface area (Å²) < 4.78 is 16.5. The molecule has 0 saturated heterocycles. The molecule has 0 aliphatic rings. The van der Waals surface area contributed by atoms with Crippen LogP contribution in [0.25, 0.3) is 0 Å². The summed E-state index contributed by atoms with van der Waals surface area (Å²) in [4.78, 5) is 11.7. The Labute approximate surface area is 200 Å². The molecule has 0 fully saturated rings. The van der Waals surface area contributed by atoms with Crippen LogP contribution in [0.5, 0.6) is 0 Å². The summed E-state index contributed by atoms with van der Waals surface area (Å²) in [7, 11) is 0. The fraction of sp³-hybridized carbons (Fsp3) is 0.964. The molecule has 32 heavy (non-hydrogen) atoms. The van der Waals surface area contributed by atoms with Gasteiger partial charge in [-0.15, -0.1) is 0 Å². The third-order valence-corrected chi connectivity index (χ3v) is 5.94. The Morgan fingerprint density at radius 3 is 1.28 bits per heavy atom. The standard InChI is InChI=1S/C28H56O4/c1-3-5-7-9-11-13-14-15-17-19-23-30-26-27-31-24-21-22-28(29)32-25-20-18-16-12-10-8-6-4-2/h3-27H2,1-2H3. The largest absolute Gasteiger partial charge is 0.466 e. The van der Waals surface area contributed by atoms with E-state index in [2.05, 4.69) is 13.8 Å². The summed E-state index contributed by atoms with van der Waals surface area (Å²) >= 11 is 0. The van der Waals surface area contributed by atoms with Gasteiger partial charge in [0.2, 0.25) is 0 Å². The average Bonchev–Trinajstić information content (AvgIpc) is 2.80. The Morgan fingerprint density at radius 1 is 0.438 bits per heavy atom. The molecule has 4 nitrogen and oxygen atoms in total. The number of ether oxygens (including phenoxy) is 3. The fourth-order valence-corrected chi connectivity index (χ4v) is 3.83. The van der Waals surface area contributed by atoms with Gasteiger partial charge in [-0.05, 0) is 19.3 Å². The van der Waals surface area contributed by atoms with Gasteiger partial charge < -0.3 is 14.2 Å². The zero-order chi connectivity index (χ0) is 23.4. The highest BCUT2D eigenvalue weighted by molar-refractivity contribution is 5.69. The first-order valence-corrected chi connectivity index (χ1v) is 14.1. The molecule has 0 radical (unpaired) electrons. The summed E-state index contributed by atoms with van der Waals surface area (Å²) in [6.45, 7) is 7.80. The van der Waals surface area contributed by atoms with E-state index >= 15 is 0 Å². The minimum Gasteiger partial charge on any atom is -0.466 e. The number of carbonyl (C=O) groups excluding carboxylic acids is 1. The Balaban J connectivity index is 3.12. The molecule has 0 amide bonds. The molecule has 0 unspecified atom stereocenters. The summed E-state index contributed by atoms with van der Waals surface area (Å²) in [5, 5.41) is 0. The number of carbonyl (C=O) groups is 1. The van der Waals surface area contributed by atoms with Gasteiger partial charge in [0.15, 0.2) is 0 Å². The number of hydrogen-bond donors (Lipinski definition) is 0. The summed E-state index contributed by atoms with van der Waals surface area (Å²) in [5.41, 5.74) is 0. The van der Waals surface area contributed by atoms with Gasteiger partial charge in [-0.1, -0.05) is 117 Å². The molecule has 0 atom stereocenters. The van der Waals surface area contributed by atoms with Crippen molar-refractivity contribution in [1.82, 2.24) is 0 Å². The molecule has 0 heterocycles. The van der Waals surface area contributed by atoms with E-state index < -0.39 is 0 Å². The van der Waals surface area contributed by atoms with Crippen molar-refractivity contribution < 1.29 is 19.0 Å². The van der Waals surface area contributed by atoms with Gasteiger partial charge >= 0.3 is 5.97 Å². The molecule has 0 aliphatic carbocycles. The maximum atomic E-state index is 11.7. The van der Waals surface area contributed by atoms with E-state index in [0.29, 0.717) is 32.8 Å². The first-order chi connectivity index (χ1) is 15.8. The van der Waals surface area contributed by atoms with Crippen LogP contribution in [0.15, 0.2) is 0 Å². The van der Waals surface area contributed by atoms with E-state index in [1.165, 1.54) is 103 Å². The van der Waals surface area contributed by atoms with Gasteiger partial charge in [0, 0.05) is 19.6 Å². The highest BCUT2D eigenvalue weighted by Crippen LogP contribution is 2.11. The van der Waals surface area contributed by atoms with Gasteiger partial charge in [0.25, 0.3) is 0 Å². The second kappa shape index (κ2) is 28.4.